The normalized spacial score (nSPS) is 25.4. The van der Waals surface area contributed by atoms with Gasteiger partial charge in [0.05, 0.1) is 12.8 Å². The maximum absolute atomic E-state index is 13.6. The topological polar surface area (TPSA) is 51.4 Å². The van der Waals surface area contributed by atoms with Gasteiger partial charge < -0.3 is 10.5 Å². The van der Waals surface area contributed by atoms with E-state index >= 15 is 0 Å². The summed E-state index contributed by atoms with van der Waals surface area (Å²) in [5, 5.41) is 0. The fourth-order valence-corrected chi connectivity index (χ4v) is 2.33. The Morgan fingerprint density at radius 3 is 3.12 bits per heavy atom. The van der Waals surface area contributed by atoms with Gasteiger partial charge in [0.15, 0.2) is 0 Å². The van der Waals surface area contributed by atoms with Gasteiger partial charge in [0.25, 0.3) is 0 Å². The minimum atomic E-state index is -0.262. The van der Waals surface area contributed by atoms with E-state index in [0.717, 1.165) is 19.6 Å². The van der Waals surface area contributed by atoms with Crippen LogP contribution in [0.1, 0.15) is 11.5 Å². The van der Waals surface area contributed by atoms with Crippen molar-refractivity contribution in [2.24, 2.45) is 5.73 Å². The minimum Gasteiger partial charge on any atom is -0.383 e. The molecular formula is C12H18FN3O. The number of methoxy groups -OCH3 is 1. The van der Waals surface area contributed by atoms with E-state index in [1.54, 1.807) is 19.4 Å². The van der Waals surface area contributed by atoms with Crippen molar-refractivity contribution in [2.75, 3.05) is 33.4 Å². The summed E-state index contributed by atoms with van der Waals surface area (Å²) in [5.74, 6) is -0.212. The van der Waals surface area contributed by atoms with Gasteiger partial charge in [-0.25, -0.2) is 4.39 Å². The van der Waals surface area contributed by atoms with Crippen LogP contribution in [0.2, 0.25) is 0 Å². The number of hydrogen-bond acceptors (Lipinski definition) is 4. The number of nitrogens with zero attached hydrogens (tertiary/aromatic N) is 2. The van der Waals surface area contributed by atoms with Gasteiger partial charge in [0, 0.05) is 44.9 Å². The number of halogens is 1. The molecule has 4 nitrogen and oxygen atoms in total. The molecule has 0 saturated carbocycles. The molecule has 0 aromatic carbocycles. The number of ether oxygens (including phenoxy) is 1. The Balaban J connectivity index is 2.05. The number of hydrogen-bond donors (Lipinski definition) is 1. The number of aromatic nitrogens is 1. The SMILES string of the molecule is COCCN1C[C@@H](N)[C@H](c2ccncc2F)C1. The highest BCUT2D eigenvalue weighted by atomic mass is 19.1. The first-order chi connectivity index (χ1) is 8.22. The van der Waals surface area contributed by atoms with Crippen LogP contribution in [0, 0.1) is 5.82 Å². The maximum Gasteiger partial charge on any atom is 0.145 e. The molecule has 1 aliphatic rings. The number of rotatable bonds is 4. The van der Waals surface area contributed by atoms with E-state index in [1.807, 2.05) is 0 Å². The molecule has 1 aliphatic heterocycles. The van der Waals surface area contributed by atoms with Crippen molar-refractivity contribution in [3.8, 4) is 0 Å². The van der Waals surface area contributed by atoms with Crippen LogP contribution in [0.25, 0.3) is 0 Å². The van der Waals surface area contributed by atoms with E-state index in [2.05, 4.69) is 9.88 Å². The zero-order valence-electron chi connectivity index (χ0n) is 9.97. The van der Waals surface area contributed by atoms with Gasteiger partial charge in [0.1, 0.15) is 5.82 Å². The highest BCUT2D eigenvalue weighted by molar-refractivity contribution is 5.22. The average Bonchev–Trinajstić information content (AvgIpc) is 2.68. The minimum absolute atomic E-state index is 0.0243. The van der Waals surface area contributed by atoms with Gasteiger partial charge in [-0.15, -0.1) is 0 Å². The molecule has 0 bridgehead atoms. The molecule has 0 radical (unpaired) electrons. The van der Waals surface area contributed by atoms with E-state index in [1.165, 1.54) is 6.20 Å². The lowest BCUT2D eigenvalue weighted by Gasteiger charge is -2.15. The van der Waals surface area contributed by atoms with Crippen LogP contribution < -0.4 is 5.73 Å². The van der Waals surface area contributed by atoms with Gasteiger partial charge in [0.2, 0.25) is 0 Å². The Labute approximate surface area is 101 Å². The Morgan fingerprint density at radius 1 is 1.59 bits per heavy atom. The average molecular weight is 239 g/mol. The van der Waals surface area contributed by atoms with Crippen LogP contribution in [0.4, 0.5) is 4.39 Å². The van der Waals surface area contributed by atoms with Crippen molar-refractivity contribution in [1.82, 2.24) is 9.88 Å². The molecule has 1 fully saturated rings. The van der Waals surface area contributed by atoms with Crippen molar-refractivity contribution in [1.29, 1.82) is 0 Å². The molecule has 2 atom stereocenters. The molecule has 2 N–H and O–H groups in total. The Kier molecular flexibility index (Phi) is 4.04. The Morgan fingerprint density at radius 2 is 2.41 bits per heavy atom. The third-order valence-electron chi connectivity index (χ3n) is 3.26. The van der Waals surface area contributed by atoms with Gasteiger partial charge >= 0.3 is 0 Å². The summed E-state index contributed by atoms with van der Waals surface area (Å²) in [6.45, 7) is 3.09. The summed E-state index contributed by atoms with van der Waals surface area (Å²) in [6.07, 6.45) is 2.86. The summed E-state index contributed by atoms with van der Waals surface area (Å²) >= 11 is 0. The largest absolute Gasteiger partial charge is 0.383 e. The fraction of sp³-hybridized carbons (Fsp3) is 0.583. The van der Waals surface area contributed by atoms with Gasteiger partial charge in [-0.3, -0.25) is 9.88 Å². The summed E-state index contributed by atoms with van der Waals surface area (Å²) in [5.41, 5.74) is 6.75. The highest BCUT2D eigenvalue weighted by Crippen LogP contribution is 2.27. The van der Waals surface area contributed by atoms with Gasteiger partial charge in [-0.1, -0.05) is 0 Å². The van der Waals surface area contributed by atoms with Crippen molar-refractivity contribution in [2.45, 2.75) is 12.0 Å². The first-order valence-electron chi connectivity index (χ1n) is 5.78. The first kappa shape index (κ1) is 12.4. The number of pyridine rings is 1. The van der Waals surface area contributed by atoms with Crippen molar-refractivity contribution >= 4 is 0 Å². The van der Waals surface area contributed by atoms with E-state index in [9.17, 15) is 4.39 Å². The molecular weight excluding hydrogens is 221 g/mol. The molecule has 1 aromatic rings. The zero-order chi connectivity index (χ0) is 12.3. The van der Waals surface area contributed by atoms with E-state index in [0.29, 0.717) is 12.2 Å². The van der Waals surface area contributed by atoms with Crippen LogP contribution in [0.3, 0.4) is 0 Å². The number of likely N-dealkylation sites (tertiary alicyclic amines) is 1. The third kappa shape index (κ3) is 2.80. The lowest BCUT2D eigenvalue weighted by molar-refractivity contribution is 0.159. The highest BCUT2D eigenvalue weighted by Gasteiger charge is 2.32. The molecule has 5 heteroatoms. The maximum atomic E-state index is 13.6. The van der Waals surface area contributed by atoms with E-state index in [-0.39, 0.29) is 17.8 Å². The molecule has 2 rings (SSSR count). The predicted octanol–water partition coefficient (Wildman–Crippen LogP) is 0.594. The van der Waals surface area contributed by atoms with Crippen LogP contribution in [-0.4, -0.2) is 49.3 Å². The summed E-state index contributed by atoms with van der Waals surface area (Å²) in [7, 11) is 1.68. The van der Waals surface area contributed by atoms with Gasteiger partial charge in [-0.2, -0.15) is 0 Å². The quantitative estimate of drug-likeness (QED) is 0.835. The molecule has 0 amide bonds. The van der Waals surface area contributed by atoms with Crippen LogP contribution in [0.15, 0.2) is 18.5 Å². The van der Waals surface area contributed by atoms with Crippen LogP contribution in [-0.2, 0) is 4.74 Å². The second kappa shape index (κ2) is 5.53. The monoisotopic (exact) mass is 239 g/mol. The summed E-state index contributed by atoms with van der Waals surface area (Å²) in [6, 6.07) is 1.70. The van der Waals surface area contributed by atoms with E-state index < -0.39 is 0 Å². The van der Waals surface area contributed by atoms with Crippen molar-refractivity contribution < 1.29 is 9.13 Å². The molecule has 0 unspecified atom stereocenters. The fourth-order valence-electron chi connectivity index (χ4n) is 2.33. The molecule has 2 heterocycles. The molecule has 1 saturated heterocycles. The molecule has 1 aromatic heterocycles. The first-order valence-corrected chi connectivity index (χ1v) is 5.78. The summed E-state index contributed by atoms with van der Waals surface area (Å²) < 4.78 is 18.7. The molecule has 17 heavy (non-hydrogen) atoms. The second-order valence-corrected chi connectivity index (χ2v) is 4.42. The lowest BCUT2D eigenvalue weighted by Crippen LogP contribution is -2.30. The van der Waals surface area contributed by atoms with Crippen LogP contribution in [0.5, 0.6) is 0 Å². The van der Waals surface area contributed by atoms with Crippen molar-refractivity contribution in [3.63, 3.8) is 0 Å². The standard InChI is InChI=1S/C12H18FN3O/c1-17-5-4-16-7-10(12(14)8-16)9-2-3-15-6-11(9)13/h2-3,6,10,12H,4-5,7-8,14H2,1H3/t10-,12+/m0/s1. The second-order valence-electron chi connectivity index (χ2n) is 4.42. The molecule has 0 aliphatic carbocycles. The van der Waals surface area contributed by atoms with E-state index in [4.69, 9.17) is 10.5 Å². The smallest absolute Gasteiger partial charge is 0.145 e. The van der Waals surface area contributed by atoms with Gasteiger partial charge in [-0.05, 0) is 11.6 Å². The number of nitrogens with two attached hydrogens (primary N) is 1. The molecule has 94 valence electrons. The van der Waals surface area contributed by atoms with Crippen molar-refractivity contribution in [3.05, 3.63) is 29.8 Å². The summed E-state index contributed by atoms with van der Waals surface area (Å²) in [4.78, 5) is 5.97. The Hall–Kier alpha value is -1.04. The third-order valence-corrected chi connectivity index (χ3v) is 3.26. The predicted molar refractivity (Wildman–Crippen MR) is 63.2 cm³/mol. The Bertz CT molecular complexity index is 375. The zero-order valence-corrected chi connectivity index (χ0v) is 9.97. The molecule has 0 spiro atoms. The van der Waals surface area contributed by atoms with Crippen LogP contribution >= 0.6 is 0 Å². The lowest BCUT2D eigenvalue weighted by atomic mass is 9.95.